The van der Waals surface area contributed by atoms with Crippen molar-refractivity contribution in [2.24, 2.45) is 5.92 Å². The van der Waals surface area contributed by atoms with Crippen LogP contribution in [0.15, 0.2) is 54.6 Å². The summed E-state index contributed by atoms with van der Waals surface area (Å²) in [4.78, 5) is 18.6. The van der Waals surface area contributed by atoms with E-state index in [0.29, 0.717) is 0 Å². The number of carbonyl (C=O) groups excluding carboxylic acids is 1. The van der Waals surface area contributed by atoms with Crippen LogP contribution < -0.4 is 10.2 Å². The molecule has 2 aromatic rings. The molecule has 0 aromatic heterocycles. The molecular weight excluding hydrogens is 370 g/mol. The van der Waals surface area contributed by atoms with Gasteiger partial charge in [-0.1, -0.05) is 42.5 Å². The highest BCUT2D eigenvalue weighted by molar-refractivity contribution is 6.00. The van der Waals surface area contributed by atoms with Gasteiger partial charge >= 0.3 is 0 Å². The number of hydrogen-bond donors (Lipinski definition) is 1. The summed E-state index contributed by atoms with van der Waals surface area (Å²) in [6.07, 6.45) is 7.26. The average Bonchev–Trinajstić information content (AvgIpc) is 3.33. The van der Waals surface area contributed by atoms with E-state index in [1.54, 1.807) is 0 Å². The van der Waals surface area contributed by atoms with Crippen molar-refractivity contribution in [1.82, 2.24) is 10.2 Å². The maximum absolute atomic E-state index is 13.7. The van der Waals surface area contributed by atoms with Crippen LogP contribution >= 0.6 is 0 Å². The Morgan fingerprint density at radius 1 is 1.00 bits per heavy atom. The molecule has 4 heteroatoms. The molecule has 3 saturated heterocycles. The Bertz CT molecular complexity index is 882. The molecule has 2 bridgehead atoms. The number of likely N-dealkylation sites (N-methyl/N-ethyl adjacent to an activating group) is 1. The maximum atomic E-state index is 13.7. The van der Waals surface area contributed by atoms with E-state index in [1.807, 2.05) is 18.2 Å². The topological polar surface area (TPSA) is 35.6 Å². The van der Waals surface area contributed by atoms with Gasteiger partial charge in [-0.2, -0.15) is 0 Å². The molecule has 3 aliphatic heterocycles. The number of piperidine rings is 2. The van der Waals surface area contributed by atoms with Crippen LogP contribution in [0.4, 0.5) is 5.69 Å². The van der Waals surface area contributed by atoms with Gasteiger partial charge in [0, 0.05) is 30.9 Å². The van der Waals surface area contributed by atoms with E-state index in [1.165, 1.54) is 31.2 Å². The molecule has 1 atom stereocenters. The number of hydrogen-bond acceptors (Lipinski definition) is 3. The summed E-state index contributed by atoms with van der Waals surface area (Å²) >= 11 is 0. The fraction of sp³-hybridized carbons (Fsp3) is 0.500. The van der Waals surface area contributed by atoms with Crippen LogP contribution in [0.3, 0.4) is 0 Å². The van der Waals surface area contributed by atoms with Crippen molar-refractivity contribution in [2.75, 3.05) is 31.6 Å². The molecular formula is C26H33N3O. The zero-order valence-corrected chi connectivity index (χ0v) is 18.0. The minimum absolute atomic E-state index is 0.00378. The predicted molar refractivity (Wildman–Crippen MR) is 122 cm³/mol. The van der Waals surface area contributed by atoms with Crippen molar-refractivity contribution >= 4 is 11.6 Å². The Morgan fingerprint density at radius 3 is 2.37 bits per heavy atom. The summed E-state index contributed by atoms with van der Waals surface area (Å²) in [5, 5.41) is 3.52. The molecule has 1 amide bonds. The number of rotatable bonds is 5. The van der Waals surface area contributed by atoms with Crippen molar-refractivity contribution in [2.45, 2.75) is 50.1 Å². The van der Waals surface area contributed by atoms with E-state index in [4.69, 9.17) is 0 Å². The minimum Gasteiger partial charge on any atom is -0.371 e. The molecule has 1 N–H and O–H groups in total. The number of fused-ring (bicyclic) bond motifs is 3. The number of para-hydroxylation sites is 1. The normalized spacial score (nSPS) is 27.2. The second-order valence-corrected chi connectivity index (χ2v) is 9.46. The Balaban J connectivity index is 1.49. The van der Waals surface area contributed by atoms with Crippen LogP contribution in [0.2, 0.25) is 0 Å². The monoisotopic (exact) mass is 403 g/mol. The quantitative estimate of drug-likeness (QED) is 0.790. The lowest BCUT2D eigenvalue weighted by atomic mass is 9.66. The third-order valence-electron chi connectivity index (χ3n) is 7.80. The highest BCUT2D eigenvalue weighted by Crippen LogP contribution is 2.49. The molecule has 4 fully saturated rings. The molecule has 0 spiro atoms. The maximum Gasteiger partial charge on any atom is 0.253 e. The molecule has 6 rings (SSSR count). The summed E-state index contributed by atoms with van der Waals surface area (Å²) in [5.41, 5.74) is 3.12. The largest absolute Gasteiger partial charge is 0.371 e. The van der Waals surface area contributed by atoms with Gasteiger partial charge in [0.25, 0.3) is 5.91 Å². The Hall–Kier alpha value is -2.33. The van der Waals surface area contributed by atoms with Gasteiger partial charge in [-0.3, -0.25) is 9.69 Å². The summed E-state index contributed by atoms with van der Waals surface area (Å²) in [7, 11) is 2.26. The number of benzene rings is 2. The highest BCUT2D eigenvalue weighted by Gasteiger charge is 2.50. The van der Waals surface area contributed by atoms with Crippen LogP contribution in [0.5, 0.6) is 0 Å². The van der Waals surface area contributed by atoms with E-state index < -0.39 is 0 Å². The highest BCUT2D eigenvalue weighted by atomic mass is 16.1. The third kappa shape index (κ3) is 3.41. The second kappa shape index (κ2) is 8.07. The number of amides is 1. The van der Waals surface area contributed by atoms with E-state index >= 15 is 0 Å². The first-order chi connectivity index (χ1) is 14.7. The molecule has 4 aliphatic rings. The summed E-state index contributed by atoms with van der Waals surface area (Å²) < 4.78 is 0. The fourth-order valence-corrected chi connectivity index (χ4v) is 6.10. The summed E-state index contributed by atoms with van der Waals surface area (Å²) in [6.45, 7) is 3.23. The van der Waals surface area contributed by atoms with Gasteiger partial charge in [0.15, 0.2) is 0 Å². The molecule has 158 valence electrons. The van der Waals surface area contributed by atoms with Crippen LogP contribution in [0, 0.1) is 5.92 Å². The van der Waals surface area contributed by atoms with Crippen LogP contribution in [-0.2, 0) is 0 Å². The van der Waals surface area contributed by atoms with E-state index in [0.717, 1.165) is 49.6 Å². The van der Waals surface area contributed by atoms with Crippen LogP contribution in [0.1, 0.15) is 60.5 Å². The number of nitrogens with one attached hydrogen (secondary N) is 1. The van der Waals surface area contributed by atoms with Crippen molar-refractivity contribution in [3.63, 3.8) is 0 Å². The molecule has 2 aromatic carbocycles. The zero-order chi connectivity index (χ0) is 20.6. The van der Waals surface area contributed by atoms with Crippen molar-refractivity contribution in [3.8, 4) is 0 Å². The Morgan fingerprint density at radius 2 is 1.67 bits per heavy atom. The van der Waals surface area contributed by atoms with Gasteiger partial charge in [-0.15, -0.1) is 0 Å². The molecule has 1 saturated carbocycles. The molecule has 0 radical (unpaired) electrons. The zero-order valence-electron chi connectivity index (χ0n) is 18.0. The number of nitrogens with zero attached hydrogens (tertiary/aromatic N) is 2. The lowest BCUT2D eigenvalue weighted by molar-refractivity contribution is -0.0404. The van der Waals surface area contributed by atoms with Gasteiger partial charge in [0.1, 0.15) is 0 Å². The molecule has 1 unspecified atom stereocenters. The van der Waals surface area contributed by atoms with E-state index in [2.05, 4.69) is 58.6 Å². The van der Waals surface area contributed by atoms with Gasteiger partial charge in [-0.05, 0) is 69.2 Å². The first-order valence-corrected chi connectivity index (χ1v) is 11.6. The van der Waals surface area contributed by atoms with Crippen LogP contribution in [0.25, 0.3) is 0 Å². The molecule has 4 nitrogen and oxygen atoms in total. The minimum atomic E-state index is 0.00378. The summed E-state index contributed by atoms with van der Waals surface area (Å²) in [5.74, 6) is 0.877. The number of carbonyl (C=O) groups is 1. The second-order valence-electron chi connectivity index (χ2n) is 9.46. The first-order valence-electron chi connectivity index (χ1n) is 11.6. The average molecular weight is 404 g/mol. The smallest absolute Gasteiger partial charge is 0.253 e. The number of anilines is 1. The van der Waals surface area contributed by atoms with Crippen molar-refractivity contribution in [3.05, 3.63) is 65.7 Å². The van der Waals surface area contributed by atoms with E-state index in [-0.39, 0.29) is 17.5 Å². The van der Waals surface area contributed by atoms with Gasteiger partial charge in [0.05, 0.1) is 11.6 Å². The van der Waals surface area contributed by atoms with Gasteiger partial charge in [-0.25, -0.2) is 0 Å². The van der Waals surface area contributed by atoms with Gasteiger partial charge in [0.2, 0.25) is 0 Å². The van der Waals surface area contributed by atoms with Crippen molar-refractivity contribution < 1.29 is 4.79 Å². The fourth-order valence-electron chi connectivity index (χ4n) is 6.10. The molecule has 3 heterocycles. The first kappa shape index (κ1) is 19.6. The molecule has 1 aliphatic carbocycles. The van der Waals surface area contributed by atoms with Gasteiger partial charge < -0.3 is 10.2 Å². The predicted octanol–water partition coefficient (Wildman–Crippen LogP) is 4.63. The Labute approximate surface area is 180 Å². The van der Waals surface area contributed by atoms with E-state index in [9.17, 15) is 4.79 Å². The SMILES string of the molecule is CN1CC2CCC1(C(NC(=O)c1ccccc1N1CCCC1)c1ccccc1)CC2. The lowest BCUT2D eigenvalue weighted by Gasteiger charge is -2.57. The third-order valence-corrected chi connectivity index (χ3v) is 7.80. The standard InChI is InChI=1S/C26H33N3O/c1-28-19-20-13-15-26(28,16-14-20)24(21-9-3-2-4-10-21)27-25(30)22-11-5-6-12-23(22)29-17-7-8-18-29/h2-6,9-12,20,24H,7-8,13-19H2,1H3,(H,27,30). The molecule has 30 heavy (non-hydrogen) atoms. The van der Waals surface area contributed by atoms with Crippen molar-refractivity contribution in [1.29, 1.82) is 0 Å². The van der Waals surface area contributed by atoms with Crippen LogP contribution in [-0.4, -0.2) is 43.0 Å². The Kier molecular flexibility index (Phi) is 5.28. The lowest BCUT2D eigenvalue weighted by Crippen LogP contribution is -2.62. The summed E-state index contributed by atoms with van der Waals surface area (Å²) in [6, 6.07) is 18.7.